The summed E-state index contributed by atoms with van der Waals surface area (Å²) in [5.74, 6) is 0.522. The average Bonchev–Trinajstić information content (AvgIpc) is 2.87. The van der Waals surface area contributed by atoms with Crippen molar-refractivity contribution in [2.24, 2.45) is 0 Å². The third-order valence-electron chi connectivity index (χ3n) is 5.67. The van der Waals surface area contributed by atoms with E-state index in [0.717, 1.165) is 29.7 Å². The molecule has 0 aliphatic carbocycles. The molecule has 4 rings (SSSR count). The molecule has 6 nitrogen and oxygen atoms in total. The van der Waals surface area contributed by atoms with E-state index in [-0.39, 0.29) is 17.2 Å². The van der Waals surface area contributed by atoms with Crippen LogP contribution in [0.3, 0.4) is 0 Å². The first-order chi connectivity index (χ1) is 16.6. The van der Waals surface area contributed by atoms with Gasteiger partial charge in [0.25, 0.3) is 5.56 Å². The smallest absolute Gasteiger partial charge is 0.266 e. The molecule has 0 bridgehead atoms. The first-order valence-electron chi connectivity index (χ1n) is 11.3. The molecule has 0 atom stereocenters. The van der Waals surface area contributed by atoms with Crippen LogP contribution in [0, 0.1) is 0 Å². The van der Waals surface area contributed by atoms with Gasteiger partial charge in [0, 0.05) is 5.69 Å². The normalized spacial score (nSPS) is 10.9. The third kappa shape index (κ3) is 4.70. The maximum absolute atomic E-state index is 13.5. The molecule has 0 saturated heterocycles. The molecular weight excluding hydrogens is 446 g/mol. The first kappa shape index (κ1) is 23.6. The minimum absolute atomic E-state index is 0.112. The van der Waals surface area contributed by atoms with Crippen molar-refractivity contribution in [2.75, 3.05) is 18.2 Å². The minimum atomic E-state index is -0.206. The number of anilines is 1. The van der Waals surface area contributed by atoms with Crippen LogP contribution in [-0.2, 0) is 17.6 Å². The fourth-order valence-corrected chi connectivity index (χ4v) is 4.75. The number of ether oxygens (including phenoxy) is 1. The van der Waals surface area contributed by atoms with Gasteiger partial charge in [0.1, 0.15) is 5.75 Å². The second-order valence-electron chi connectivity index (χ2n) is 7.72. The maximum Gasteiger partial charge on any atom is 0.266 e. The Labute approximate surface area is 203 Å². The number of benzene rings is 3. The Hall–Kier alpha value is -3.58. The molecule has 1 amide bonds. The molecule has 1 heterocycles. The number of thioether (sulfide) groups is 1. The number of rotatable bonds is 8. The lowest BCUT2D eigenvalue weighted by Crippen LogP contribution is -2.23. The Balaban J connectivity index is 1.70. The van der Waals surface area contributed by atoms with Crippen molar-refractivity contribution >= 4 is 34.3 Å². The number of methoxy groups -OCH3 is 1. The van der Waals surface area contributed by atoms with Gasteiger partial charge in [-0.1, -0.05) is 68.1 Å². The molecule has 0 spiro atoms. The van der Waals surface area contributed by atoms with E-state index >= 15 is 0 Å². The number of nitrogens with one attached hydrogen (secondary N) is 1. The number of aromatic nitrogens is 2. The predicted molar refractivity (Wildman–Crippen MR) is 138 cm³/mol. The number of aryl methyl sites for hydroxylation is 2. The van der Waals surface area contributed by atoms with E-state index < -0.39 is 0 Å². The first-order valence-corrected chi connectivity index (χ1v) is 12.2. The van der Waals surface area contributed by atoms with Gasteiger partial charge in [-0.3, -0.25) is 14.2 Å². The summed E-state index contributed by atoms with van der Waals surface area (Å²) in [6.45, 7) is 4.15. The van der Waals surface area contributed by atoms with Gasteiger partial charge in [-0.2, -0.15) is 0 Å². The van der Waals surface area contributed by atoms with E-state index in [4.69, 9.17) is 9.72 Å². The number of hydrogen-bond donors (Lipinski definition) is 1. The predicted octanol–water partition coefficient (Wildman–Crippen LogP) is 5.25. The van der Waals surface area contributed by atoms with Crippen LogP contribution >= 0.6 is 11.8 Å². The second kappa shape index (κ2) is 10.6. The maximum atomic E-state index is 13.5. The molecule has 34 heavy (non-hydrogen) atoms. The number of fused-ring (bicyclic) bond motifs is 1. The molecule has 0 unspecified atom stereocenters. The highest BCUT2D eigenvalue weighted by molar-refractivity contribution is 7.99. The van der Waals surface area contributed by atoms with Crippen molar-refractivity contribution in [1.82, 2.24) is 9.55 Å². The largest absolute Gasteiger partial charge is 0.495 e. The topological polar surface area (TPSA) is 73.2 Å². The van der Waals surface area contributed by atoms with E-state index in [0.29, 0.717) is 27.5 Å². The summed E-state index contributed by atoms with van der Waals surface area (Å²) in [6.07, 6.45) is 1.66. The Morgan fingerprint density at radius 3 is 2.35 bits per heavy atom. The number of carbonyl (C=O) groups excluding carboxylic acids is 1. The Bertz CT molecular complexity index is 1380. The van der Waals surface area contributed by atoms with Crippen LogP contribution in [0.25, 0.3) is 16.6 Å². The molecule has 0 aliphatic heterocycles. The van der Waals surface area contributed by atoms with Crippen molar-refractivity contribution in [1.29, 1.82) is 0 Å². The monoisotopic (exact) mass is 473 g/mol. The summed E-state index contributed by atoms with van der Waals surface area (Å²) in [4.78, 5) is 31.2. The van der Waals surface area contributed by atoms with E-state index in [2.05, 4.69) is 19.2 Å². The molecule has 0 fully saturated rings. The number of carbonyl (C=O) groups is 1. The van der Waals surface area contributed by atoms with Gasteiger partial charge in [-0.15, -0.1) is 0 Å². The lowest BCUT2D eigenvalue weighted by molar-refractivity contribution is -0.113. The summed E-state index contributed by atoms with van der Waals surface area (Å²) in [5.41, 5.74) is 4.06. The molecule has 174 valence electrons. The Morgan fingerprint density at radius 1 is 0.971 bits per heavy atom. The number of para-hydroxylation sites is 4. The van der Waals surface area contributed by atoms with Gasteiger partial charge in [-0.25, -0.2) is 4.98 Å². The molecule has 0 radical (unpaired) electrons. The Kier molecular flexibility index (Phi) is 7.33. The van der Waals surface area contributed by atoms with E-state index in [1.165, 1.54) is 16.3 Å². The quantitative estimate of drug-likeness (QED) is 0.280. The lowest BCUT2D eigenvalue weighted by atomic mass is 10.0. The van der Waals surface area contributed by atoms with Crippen LogP contribution in [0.15, 0.2) is 76.7 Å². The zero-order valence-electron chi connectivity index (χ0n) is 19.5. The van der Waals surface area contributed by atoms with Crippen LogP contribution in [0.2, 0.25) is 0 Å². The van der Waals surface area contributed by atoms with Crippen LogP contribution in [0.1, 0.15) is 25.0 Å². The SMILES string of the molecule is CCc1cccc(CC)c1NC(=O)CSc1nc2ccccc2c(=O)n1-c1ccccc1OC. The zero-order valence-corrected chi connectivity index (χ0v) is 20.3. The van der Waals surface area contributed by atoms with Crippen molar-refractivity contribution < 1.29 is 9.53 Å². The average molecular weight is 474 g/mol. The van der Waals surface area contributed by atoms with Gasteiger partial charge in [0.15, 0.2) is 5.16 Å². The van der Waals surface area contributed by atoms with E-state index in [1.54, 1.807) is 25.3 Å². The highest BCUT2D eigenvalue weighted by Crippen LogP contribution is 2.28. The highest BCUT2D eigenvalue weighted by atomic mass is 32.2. The molecule has 4 aromatic rings. The van der Waals surface area contributed by atoms with Crippen LogP contribution in [-0.4, -0.2) is 28.3 Å². The number of amides is 1. The standard InChI is InChI=1S/C27H27N3O3S/c1-4-18-11-10-12-19(5-2)25(18)29-24(31)17-34-27-28-21-14-7-6-13-20(21)26(32)30(27)22-15-8-9-16-23(22)33-3/h6-16H,4-5,17H2,1-3H3,(H,29,31). The number of nitrogens with zero attached hydrogens (tertiary/aromatic N) is 2. The summed E-state index contributed by atoms with van der Waals surface area (Å²) in [6, 6.07) is 20.6. The Morgan fingerprint density at radius 2 is 1.65 bits per heavy atom. The molecule has 0 aliphatic rings. The molecular formula is C27H27N3O3S. The van der Waals surface area contributed by atoms with Crippen LogP contribution in [0.4, 0.5) is 5.69 Å². The lowest BCUT2D eigenvalue weighted by Gasteiger charge is -2.16. The van der Waals surface area contributed by atoms with Crippen molar-refractivity contribution in [3.8, 4) is 11.4 Å². The van der Waals surface area contributed by atoms with Crippen molar-refractivity contribution in [3.05, 3.63) is 88.2 Å². The van der Waals surface area contributed by atoms with Crippen LogP contribution < -0.4 is 15.6 Å². The minimum Gasteiger partial charge on any atom is -0.495 e. The zero-order chi connectivity index (χ0) is 24.1. The molecule has 7 heteroatoms. The molecule has 1 N–H and O–H groups in total. The van der Waals surface area contributed by atoms with Crippen LogP contribution in [0.5, 0.6) is 5.75 Å². The van der Waals surface area contributed by atoms with Crippen molar-refractivity contribution in [3.63, 3.8) is 0 Å². The molecule has 1 aromatic heterocycles. The van der Waals surface area contributed by atoms with E-state index in [1.807, 2.05) is 48.5 Å². The molecule has 0 saturated carbocycles. The summed E-state index contributed by atoms with van der Waals surface area (Å²) in [5, 5.41) is 4.02. The highest BCUT2D eigenvalue weighted by Gasteiger charge is 2.18. The van der Waals surface area contributed by atoms with Crippen molar-refractivity contribution in [2.45, 2.75) is 31.8 Å². The fraction of sp³-hybridized carbons (Fsp3) is 0.222. The van der Waals surface area contributed by atoms with E-state index in [9.17, 15) is 9.59 Å². The van der Waals surface area contributed by atoms with Gasteiger partial charge in [-0.05, 0) is 48.2 Å². The molecule has 3 aromatic carbocycles. The second-order valence-corrected chi connectivity index (χ2v) is 8.66. The summed E-state index contributed by atoms with van der Waals surface area (Å²) >= 11 is 1.23. The van der Waals surface area contributed by atoms with Gasteiger partial charge in [0.05, 0.1) is 29.5 Å². The fourth-order valence-electron chi connectivity index (χ4n) is 3.94. The van der Waals surface area contributed by atoms with Gasteiger partial charge >= 0.3 is 0 Å². The summed E-state index contributed by atoms with van der Waals surface area (Å²) in [7, 11) is 1.56. The third-order valence-corrected chi connectivity index (χ3v) is 6.61. The summed E-state index contributed by atoms with van der Waals surface area (Å²) < 4.78 is 7.03. The van der Waals surface area contributed by atoms with Gasteiger partial charge < -0.3 is 10.1 Å². The van der Waals surface area contributed by atoms with Gasteiger partial charge in [0.2, 0.25) is 5.91 Å². The number of hydrogen-bond acceptors (Lipinski definition) is 5.